The van der Waals surface area contributed by atoms with Crippen molar-refractivity contribution in [1.82, 2.24) is 5.32 Å². The molecule has 90 valence electrons. The molecule has 4 heteroatoms. The highest BCUT2D eigenvalue weighted by molar-refractivity contribution is 9.10. The van der Waals surface area contributed by atoms with E-state index in [4.69, 9.17) is 4.42 Å². The van der Waals surface area contributed by atoms with Crippen LogP contribution in [0.1, 0.15) is 24.1 Å². The molecule has 0 fully saturated rings. The van der Waals surface area contributed by atoms with Gasteiger partial charge in [-0.05, 0) is 34.6 Å². The van der Waals surface area contributed by atoms with Crippen molar-refractivity contribution in [2.75, 3.05) is 6.54 Å². The summed E-state index contributed by atoms with van der Waals surface area (Å²) >= 11 is 3.33. The van der Waals surface area contributed by atoms with Crippen LogP contribution in [0.15, 0.2) is 45.7 Å². The molecule has 0 aliphatic carbocycles. The van der Waals surface area contributed by atoms with Crippen molar-refractivity contribution in [2.45, 2.75) is 13.0 Å². The molecule has 0 saturated carbocycles. The monoisotopic (exact) mass is 297 g/mol. The van der Waals surface area contributed by atoms with Crippen LogP contribution in [0, 0.1) is 5.82 Å². The summed E-state index contributed by atoms with van der Waals surface area (Å²) in [6, 6.07) is 8.40. The Morgan fingerprint density at radius 2 is 2.06 bits per heavy atom. The predicted molar refractivity (Wildman–Crippen MR) is 68.3 cm³/mol. The van der Waals surface area contributed by atoms with Crippen molar-refractivity contribution >= 4 is 15.9 Å². The van der Waals surface area contributed by atoms with Crippen molar-refractivity contribution in [3.8, 4) is 0 Å². The molecular weight excluding hydrogens is 285 g/mol. The van der Waals surface area contributed by atoms with Crippen LogP contribution in [-0.4, -0.2) is 6.54 Å². The van der Waals surface area contributed by atoms with Gasteiger partial charge in [0.1, 0.15) is 5.82 Å². The molecular formula is C13H13BrFNO. The van der Waals surface area contributed by atoms with Gasteiger partial charge in [0.15, 0.2) is 4.67 Å². The Bertz CT molecular complexity index is 498. The molecule has 17 heavy (non-hydrogen) atoms. The molecule has 2 rings (SSSR count). The number of hydrogen-bond acceptors (Lipinski definition) is 2. The van der Waals surface area contributed by atoms with Crippen LogP contribution in [0.5, 0.6) is 0 Å². The maximum absolute atomic E-state index is 13.8. The Labute approximate surface area is 108 Å². The molecule has 0 aliphatic heterocycles. The van der Waals surface area contributed by atoms with E-state index in [1.54, 1.807) is 18.4 Å². The van der Waals surface area contributed by atoms with Gasteiger partial charge < -0.3 is 9.73 Å². The third kappa shape index (κ3) is 2.58. The smallest absolute Gasteiger partial charge is 0.174 e. The second-order valence-electron chi connectivity index (χ2n) is 3.66. The van der Waals surface area contributed by atoms with Gasteiger partial charge in [0, 0.05) is 11.1 Å². The molecule has 1 unspecified atom stereocenters. The molecule has 0 aliphatic rings. The quantitative estimate of drug-likeness (QED) is 0.926. The topological polar surface area (TPSA) is 25.2 Å². The lowest BCUT2D eigenvalue weighted by atomic mass is 10.0. The fourth-order valence-electron chi connectivity index (χ4n) is 1.81. The van der Waals surface area contributed by atoms with Crippen LogP contribution in [0.3, 0.4) is 0 Å². The van der Waals surface area contributed by atoms with Crippen molar-refractivity contribution in [3.63, 3.8) is 0 Å². The number of furan rings is 1. The number of rotatable bonds is 4. The van der Waals surface area contributed by atoms with Crippen LogP contribution in [0.2, 0.25) is 0 Å². The number of hydrogen-bond donors (Lipinski definition) is 1. The lowest BCUT2D eigenvalue weighted by molar-refractivity contribution is 0.518. The van der Waals surface area contributed by atoms with E-state index in [0.717, 1.165) is 12.1 Å². The van der Waals surface area contributed by atoms with E-state index in [1.807, 2.05) is 19.1 Å². The highest BCUT2D eigenvalue weighted by atomic mass is 79.9. The molecule has 1 N–H and O–H groups in total. The highest BCUT2D eigenvalue weighted by Gasteiger charge is 2.20. The van der Waals surface area contributed by atoms with Gasteiger partial charge in [0.2, 0.25) is 0 Å². The van der Waals surface area contributed by atoms with Gasteiger partial charge in [-0.3, -0.25) is 0 Å². The summed E-state index contributed by atoms with van der Waals surface area (Å²) in [7, 11) is 0. The first-order chi connectivity index (χ1) is 8.24. The fraction of sp³-hybridized carbons (Fsp3) is 0.231. The maximum Gasteiger partial charge on any atom is 0.174 e. The average Bonchev–Trinajstić information content (AvgIpc) is 2.74. The lowest BCUT2D eigenvalue weighted by Gasteiger charge is -2.18. The first-order valence-corrected chi connectivity index (χ1v) is 6.24. The Hall–Kier alpha value is -1.13. The molecule has 1 aromatic heterocycles. The molecule has 1 atom stereocenters. The van der Waals surface area contributed by atoms with E-state index < -0.39 is 0 Å². The van der Waals surface area contributed by atoms with Gasteiger partial charge in [-0.15, -0.1) is 0 Å². The lowest BCUT2D eigenvalue weighted by Crippen LogP contribution is -2.22. The normalized spacial score (nSPS) is 12.6. The van der Waals surface area contributed by atoms with Gasteiger partial charge in [-0.2, -0.15) is 0 Å². The summed E-state index contributed by atoms with van der Waals surface area (Å²) in [6.45, 7) is 2.73. The average molecular weight is 298 g/mol. The Morgan fingerprint density at radius 1 is 1.29 bits per heavy atom. The van der Waals surface area contributed by atoms with E-state index in [0.29, 0.717) is 10.2 Å². The summed E-state index contributed by atoms with van der Waals surface area (Å²) < 4.78 is 19.6. The third-order valence-corrected chi connectivity index (χ3v) is 3.23. The summed E-state index contributed by atoms with van der Waals surface area (Å²) in [4.78, 5) is 0. The SMILES string of the molecule is CCNC(c1ccccc1F)c1ccoc1Br. The summed E-state index contributed by atoms with van der Waals surface area (Å²) in [5.74, 6) is -0.216. The molecule has 0 bridgehead atoms. The molecule has 0 amide bonds. The molecule has 1 aromatic carbocycles. The van der Waals surface area contributed by atoms with Crippen LogP contribution in [0.4, 0.5) is 4.39 Å². The summed E-state index contributed by atoms with van der Waals surface area (Å²) in [5.41, 5.74) is 1.52. The number of halogens is 2. The zero-order chi connectivity index (χ0) is 12.3. The van der Waals surface area contributed by atoms with Gasteiger partial charge in [-0.25, -0.2) is 4.39 Å². The van der Waals surface area contributed by atoms with Gasteiger partial charge in [-0.1, -0.05) is 25.1 Å². The first-order valence-electron chi connectivity index (χ1n) is 5.44. The fourth-order valence-corrected chi connectivity index (χ4v) is 2.28. The minimum atomic E-state index is -0.216. The summed E-state index contributed by atoms with van der Waals surface area (Å²) in [6.07, 6.45) is 1.59. The van der Waals surface area contributed by atoms with E-state index in [1.165, 1.54) is 6.07 Å². The van der Waals surface area contributed by atoms with Crippen LogP contribution in [0.25, 0.3) is 0 Å². The highest BCUT2D eigenvalue weighted by Crippen LogP contribution is 2.30. The predicted octanol–water partition coefficient (Wildman–Crippen LogP) is 3.88. The van der Waals surface area contributed by atoms with Crippen molar-refractivity contribution in [2.24, 2.45) is 0 Å². The standard InChI is InChI=1S/C13H13BrFNO/c1-2-16-12(10-7-8-17-13(10)14)9-5-3-4-6-11(9)15/h3-8,12,16H,2H2,1H3. The number of benzene rings is 1. The van der Waals surface area contributed by atoms with Gasteiger partial charge >= 0.3 is 0 Å². The third-order valence-electron chi connectivity index (χ3n) is 2.58. The summed E-state index contributed by atoms with van der Waals surface area (Å²) in [5, 5.41) is 3.25. The maximum atomic E-state index is 13.8. The van der Waals surface area contributed by atoms with Crippen molar-refractivity contribution in [3.05, 3.63) is 58.2 Å². The van der Waals surface area contributed by atoms with Crippen LogP contribution in [-0.2, 0) is 0 Å². The second-order valence-corrected chi connectivity index (χ2v) is 4.38. The van der Waals surface area contributed by atoms with E-state index in [9.17, 15) is 4.39 Å². The largest absolute Gasteiger partial charge is 0.457 e. The van der Waals surface area contributed by atoms with Crippen molar-refractivity contribution < 1.29 is 8.81 Å². The Balaban J connectivity index is 2.43. The van der Waals surface area contributed by atoms with Gasteiger partial charge in [0.25, 0.3) is 0 Å². The molecule has 2 nitrogen and oxygen atoms in total. The van der Waals surface area contributed by atoms with Crippen LogP contribution < -0.4 is 5.32 Å². The van der Waals surface area contributed by atoms with Crippen molar-refractivity contribution in [1.29, 1.82) is 0 Å². The van der Waals surface area contributed by atoms with Crippen LogP contribution >= 0.6 is 15.9 Å². The van der Waals surface area contributed by atoms with E-state index in [-0.39, 0.29) is 11.9 Å². The molecule has 1 heterocycles. The minimum Gasteiger partial charge on any atom is -0.457 e. The van der Waals surface area contributed by atoms with E-state index in [2.05, 4.69) is 21.2 Å². The Kier molecular flexibility index (Phi) is 3.97. The number of nitrogens with one attached hydrogen (secondary N) is 1. The first kappa shape index (κ1) is 12.3. The second kappa shape index (κ2) is 5.47. The zero-order valence-corrected chi connectivity index (χ0v) is 11.0. The van der Waals surface area contributed by atoms with E-state index >= 15 is 0 Å². The molecule has 0 spiro atoms. The molecule has 0 saturated heterocycles. The Morgan fingerprint density at radius 3 is 2.65 bits per heavy atom. The minimum absolute atomic E-state index is 0.200. The zero-order valence-electron chi connectivity index (χ0n) is 9.41. The molecule has 0 radical (unpaired) electrons. The molecule has 2 aromatic rings. The van der Waals surface area contributed by atoms with Gasteiger partial charge in [0.05, 0.1) is 12.3 Å².